The molecule has 1 aromatic carbocycles. The topological polar surface area (TPSA) is 135 Å². The average Bonchev–Trinajstić information content (AvgIpc) is 2.79. The molecule has 1 aromatic rings. The molecule has 0 saturated carbocycles. The zero-order chi connectivity index (χ0) is 20.8. The predicted octanol–water partition coefficient (Wildman–Crippen LogP) is 1.32. The maximum Gasteiger partial charge on any atom is 0.335 e. The van der Waals surface area contributed by atoms with E-state index in [9.17, 15) is 26.4 Å². The SMILES string of the molecule is Cc1ccc(C(=O)O)cc1S(=O)(=O)N[C@H]1CS(=O)(=O)C[C@@H]1C(=O)C(Cl)(Cl)Cl. The van der Waals surface area contributed by atoms with E-state index in [4.69, 9.17) is 39.9 Å². The van der Waals surface area contributed by atoms with Gasteiger partial charge in [0.05, 0.1) is 27.9 Å². The third kappa shape index (κ3) is 5.12. The van der Waals surface area contributed by atoms with Crippen molar-refractivity contribution in [2.24, 2.45) is 5.92 Å². The number of ketones is 1. The molecule has 1 heterocycles. The second-order valence-electron chi connectivity index (χ2n) is 6.06. The van der Waals surface area contributed by atoms with Crippen LogP contribution in [-0.2, 0) is 24.7 Å². The summed E-state index contributed by atoms with van der Waals surface area (Å²) in [5, 5.41) is 9.04. The Morgan fingerprint density at radius 3 is 2.33 bits per heavy atom. The van der Waals surface area contributed by atoms with Crippen LogP contribution in [0, 0.1) is 12.8 Å². The highest BCUT2D eigenvalue weighted by Gasteiger charge is 2.49. The molecule has 8 nitrogen and oxygen atoms in total. The Hall–Kier alpha value is -0.910. The highest BCUT2D eigenvalue weighted by atomic mass is 35.6. The van der Waals surface area contributed by atoms with Gasteiger partial charge in [0.25, 0.3) is 0 Å². The third-order valence-corrected chi connectivity index (χ3v) is 7.92. The van der Waals surface area contributed by atoms with E-state index in [0.29, 0.717) is 0 Å². The van der Waals surface area contributed by atoms with Crippen molar-refractivity contribution < 1.29 is 31.5 Å². The number of nitrogens with one attached hydrogen (secondary N) is 1. The number of carbonyl (C=O) groups is 2. The Balaban J connectivity index is 2.42. The van der Waals surface area contributed by atoms with Crippen molar-refractivity contribution in [3.05, 3.63) is 29.3 Å². The Bertz CT molecular complexity index is 1000. The summed E-state index contributed by atoms with van der Waals surface area (Å²) in [7, 11) is -8.11. The lowest BCUT2D eigenvalue weighted by Crippen LogP contribution is -2.45. The number of rotatable bonds is 5. The Morgan fingerprint density at radius 2 is 1.81 bits per heavy atom. The molecule has 1 aliphatic heterocycles. The van der Waals surface area contributed by atoms with Gasteiger partial charge < -0.3 is 5.11 Å². The van der Waals surface area contributed by atoms with Crippen molar-refractivity contribution in [2.75, 3.05) is 11.5 Å². The second-order valence-corrected chi connectivity index (χ2v) is 12.2. The number of carboxylic acids is 1. The highest BCUT2D eigenvalue weighted by Crippen LogP contribution is 2.35. The van der Waals surface area contributed by atoms with Gasteiger partial charge in [-0.25, -0.2) is 26.4 Å². The minimum atomic E-state index is -4.35. The summed E-state index contributed by atoms with van der Waals surface area (Å²) in [6, 6.07) is 2.12. The van der Waals surface area contributed by atoms with Gasteiger partial charge in [-0.15, -0.1) is 0 Å². The van der Waals surface area contributed by atoms with Crippen LogP contribution in [0.1, 0.15) is 15.9 Å². The Morgan fingerprint density at radius 1 is 1.22 bits per heavy atom. The van der Waals surface area contributed by atoms with Crippen LogP contribution in [0.5, 0.6) is 0 Å². The maximum absolute atomic E-state index is 12.7. The summed E-state index contributed by atoms with van der Waals surface area (Å²) >= 11 is 16.6. The van der Waals surface area contributed by atoms with Gasteiger partial charge in [0.15, 0.2) is 15.6 Å². The first-order chi connectivity index (χ1) is 12.1. The molecule has 150 valence electrons. The summed E-state index contributed by atoms with van der Waals surface area (Å²) in [6.07, 6.45) is 0. The number of alkyl halides is 3. The van der Waals surface area contributed by atoms with E-state index >= 15 is 0 Å². The zero-order valence-corrected chi connectivity index (χ0v) is 17.5. The van der Waals surface area contributed by atoms with Crippen LogP contribution in [0.25, 0.3) is 0 Å². The molecule has 0 bridgehead atoms. The molecule has 13 heteroatoms. The zero-order valence-electron chi connectivity index (χ0n) is 13.6. The van der Waals surface area contributed by atoms with E-state index < -0.39 is 58.9 Å². The van der Waals surface area contributed by atoms with Crippen LogP contribution < -0.4 is 4.72 Å². The van der Waals surface area contributed by atoms with Gasteiger partial charge in [-0.1, -0.05) is 40.9 Å². The summed E-state index contributed by atoms with van der Waals surface area (Å²) in [5.74, 6) is -5.08. The fourth-order valence-electron chi connectivity index (χ4n) is 2.72. The van der Waals surface area contributed by atoms with Gasteiger partial charge in [-0.3, -0.25) is 4.79 Å². The van der Waals surface area contributed by atoms with Crippen LogP contribution >= 0.6 is 34.8 Å². The molecule has 1 aliphatic rings. The smallest absolute Gasteiger partial charge is 0.335 e. The van der Waals surface area contributed by atoms with Crippen LogP contribution in [-0.4, -0.2) is 55.0 Å². The molecule has 0 unspecified atom stereocenters. The quantitative estimate of drug-likeness (QED) is 0.609. The van der Waals surface area contributed by atoms with Crippen molar-refractivity contribution in [3.63, 3.8) is 0 Å². The second kappa shape index (κ2) is 7.49. The minimum absolute atomic E-state index is 0.234. The summed E-state index contributed by atoms with van der Waals surface area (Å²) in [5.41, 5.74) is -0.0356. The van der Waals surface area contributed by atoms with E-state index in [1.165, 1.54) is 19.1 Å². The average molecular weight is 479 g/mol. The number of carboxylic acid groups (broad SMARTS) is 1. The number of hydrogen-bond donors (Lipinski definition) is 2. The Labute approximate surface area is 170 Å². The number of aryl methyl sites for hydroxylation is 1. The number of carbonyl (C=O) groups excluding carboxylic acids is 1. The molecule has 2 N–H and O–H groups in total. The fraction of sp³-hybridized carbons (Fsp3) is 0.429. The molecular formula is C14H14Cl3NO7S2. The van der Waals surface area contributed by atoms with Crippen LogP contribution in [0.3, 0.4) is 0 Å². The van der Waals surface area contributed by atoms with Crippen LogP contribution in [0.15, 0.2) is 23.1 Å². The van der Waals surface area contributed by atoms with Gasteiger partial charge in [0.1, 0.15) is 0 Å². The van der Waals surface area contributed by atoms with E-state index in [0.717, 1.165) is 6.07 Å². The molecule has 27 heavy (non-hydrogen) atoms. The molecule has 2 rings (SSSR count). The van der Waals surface area contributed by atoms with Gasteiger partial charge >= 0.3 is 5.97 Å². The van der Waals surface area contributed by atoms with Crippen LogP contribution in [0.2, 0.25) is 0 Å². The van der Waals surface area contributed by atoms with Crippen molar-refractivity contribution in [3.8, 4) is 0 Å². The number of hydrogen-bond acceptors (Lipinski definition) is 6. The lowest BCUT2D eigenvalue weighted by atomic mass is 10.0. The van der Waals surface area contributed by atoms with Crippen molar-refractivity contribution in [1.82, 2.24) is 4.72 Å². The molecular weight excluding hydrogens is 465 g/mol. The maximum atomic E-state index is 12.7. The number of sulfone groups is 1. The molecule has 0 aliphatic carbocycles. The standard InChI is InChI=1S/C14H14Cl3NO7S2/c1-7-2-3-8(13(20)21)4-11(7)27(24,25)18-10-6-26(22,23)5-9(10)12(19)14(15,16)17/h2-4,9-10,18H,5-6H2,1H3,(H,20,21)/t9-,10-/m0/s1. The highest BCUT2D eigenvalue weighted by molar-refractivity contribution is 7.92. The molecule has 1 saturated heterocycles. The number of benzene rings is 1. The molecule has 1 fully saturated rings. The first-order valence-corrected chi connectivity index (χ1v) is 11.8. The largest absolute Gasteiger partial charge is 0.478 e. The van der Waals surface area contributed by atoms with Gasteiger partial charge in [-0.2, -0.15) is 0 Å². The molecule has 0 radical (unpaired) electrons. The van der Waals surface area contributed by atoms with E-state index in [2.05, 4.69) is 4.72 Å². The fourth-order valence-corrected chi connectivity index (χ4v) is 6.72. The molecule has 0 aromatic heterocycles. The number of Topliss-reactive ketones (excluding diaryl/α,β-unsaturated/α-hetero) is 1. The molecule has 0 amide bonds. The third-order valence-electron chi connectivity index (χ3n) is 4.00. The van der Waals surface area contributed by atoms with Gasteiger partial charge in [0.2, 0.25) is 13.8 Å². The normalized spacial score (nSPS) is 22.5. The summed E-state index contributed by atoms with van der Waals surface area (Å²) in [6.45, 7) is 1.44. The van der Waals surface area contributed by atoms with Crippen molar-refractivity contribution in [2.45, 2.75) is 21.7 Å². The van der Waals surface area contributed by atoms with Gasteiger partial charge in [-0.05, 0) is 24.6 Å². The number of aromatic carboxylic acids is 1. The number of halogens is 3. The first kappa shape index (κ1) is 22.4. The van der Waals surface area contributed by atoms with Crippen molar-refractivity contribution >= 4 is 66.4 Å². The monoisotopic (exact) mass is 477 g/mol. The minimum Gasteiger partial charge on any atom is -0.478 e. The molecule has 0 spiro atoms. The first-order valence-electron chi connectivity index (χ1n) is 7.32. The van der Waals surface area contributed by atoms with E-state index in [1.54, 1.807) is 0 Å². The lowest BCUT2D eigenvalue weighted by molar-refractivity contribution is -0.121. The van der Waals surface area contributed by atoms with Gasteiger partial charge in [0, 0.05) is 6.04 Å². The summed E-state index contributed by atoms with van der Waals surface area (Å²) in [4.78, 5) is 23.0. The number of sulfonamides is 1. The van der Waals surface area contributed by atoms with E-state index in [-0.39, 0.29) is 16.0 Å². The predicted molar refractivity (Wildman–Crippen MR) is 99.7 cm³/mol. The summed E-state index contributed by atoms with van der Waals surface area (Å²) < 4.78 is 49.0. The van der Waals surface area contributed by atoms with Crippen LogP contribution in [0.4, 0.5) is 0 Å². The van der Waals surface area contributed by atoms with E-state index in [1.807, 2.05) is 0 Å². The van der Waals surface area contributed by atoms with Crippen molar-refractivity contribution in [1.29, 1.82) is 0 Å². The lowest BCUT2D eigenvalue weighted by Gasteiger charge is -2.22. The Kier molecular flexibility index (Phi) is 6.21. The molecule has 2 atom stereocenters.